The number of nitrogens with zero attached hydrogens (tertiary/aromatic N) is 3. The predicted octanol–water partition coefficient (Wildman–Crippen LogP) is 3.39. The molecule has 7 heteroatoms. The summed E-state index contributed by atoms with van der Waals surface area (Å²) in [6.07, 6.45) is 2.89. The van der Waals surface area contributed by atoms with Crippen molar-refractivity contribution in [3.63, 3.8) is 0 Å². The van der Waals surface area contributed by atoms with Crippen LogP contribution in [0, 0.1) is 18.6 Å². The molecule has 0 amide bonds. The van der Waals surface area contributed by atoms with Gasteiger partial charge in [0.1, 0.15) is 11.5 Å². The lowest BCUT2D eigenvalue weighted by molar-refractivity contribution is 0.319. The molecule has 122 valence electrons. The topological polar surface area (TPSA) is 70.6 Å². The number of rotatable bonds is 3. The SMILES string of the molecule is Cc1ccc(/C(=N\O)c2cnn(-c3ccc(F)c(F)c3)c2)c(O)c1. The highest BCUT2D eigenvalue weighted by Crippen LogP contribution is 2.23. The molecule has 0 spiro atoms. The zero-order valence-corrected chi connectivity index (χ0v) is 12.6. The van der Waals surface area contributed by atoms with E-state index in [2.05, 4.69) is 10.3 Å². The Kier molecular flexibility index (Phi) is 3.99. The van der Waals surface area contributed by atoms with Crippen molar-refractivity contribution >= 4 is 5.71 Å². The van der Waals surface area contributed by atoms with Gasteiger partial charge in [0.2, 0.25) is 0 Å². The van der Waals surface area contributed by atoms with Gasteiger partial charge in [-0.1, -0.05) is 11.2 Å². The quantitative estimate of drug-likeness (QED) is 0.439. The van der Waals surface area contributed by atoms with Gasteiger partial charge in [-0.15, -0.1) is 0 Å². The molecule has 3 aromatic rings. The standard InChI is InChI=1S/C17H13F2N3O2/c1-10-2-4-13(16(23)6-10)17(21-24)11-8-20-22(9-11)12-3-5-14(18)15(19)7-12/h2-9,23-24H,1H3/b21-17-. The van der Waals surface area contributed by atoms with Crippen LogP contribution in [0.5, 0.6) is 5.75 Å². The van der Waals surface area contributed by atoms with Crippen molar-refractivity contribution in [3.8, 4) is 11.4 Å². The van der Waals surface area contributed by atoms with Crippen molar-refractivity contribution in [1.82, 2.24) is 9.78 Å². The predicted molar refractivity (Wildman–Crippen MR) is 83.7 cm³/mol. The molecular formula is C17H13F2N3O2. The Morgan fingerprint density at radius 1 is 1.12 bits per heavy atom. The van der Waals surface area contributed by atoms with Crippen LogP contribution < -0.4 is 0 Å². The molecule has 0 aliphatic carbocycles. The van der Waals surface area contributed by atoms with Gasteiger partial charge in [0.25, 0.3) is 0 Å². The largest absolute Gasteiger partial charge is 0.507 e. The van der Waals surface area contributed by atoms with E-state index < -0.39 is 11.6 Å². The third-order valence-electron chi connectivity index (χ3n) is 3.53. The summed E-state index contributed by atoms with van der Waals surface area (Å²) < 4.78 is 27.7. The zero-order valence-electron chi connectivity index (χ0n) is 12.6. The number of aryl methyl sites for hydroxylation is 1. The summed E-state index contributed by atoms with van der Waals surface area (Å²) in [5, 5.41) is 26.6. The molecule has 0 saturated heterocycles. The van der Waals surface area contributed by atoms with Gasteiger partial charge in [-0.3, -0.25) is 0 Å². The van der Waals surface area contributed by atoms with E-state index in [1.165, 1.54) is 23.1 Å². The van der Waals surface area contributed by atoms with Crippen LogP contribution in [0.3, 0.4) is 0 Å². The summed E-state index contributed by atoms with van der Waals surface area (Å²) in [4.78, 5) is 0. The van der Waals surface area contributed by atoms with Crippen molar-refractivity contribution in [3.05, 3.63) is 77.1 Å². The maximum Gasteiger partial charge on any atom is 0.160 e. The second-order valence-corrected chi connectivity index (χ2v) is 5.24. The van der Waals surface area contributed by atoms with E-state index in [-0.39, 0.29) is 11.5 Å². The first-order valence-electron chi connectivity index (χ1n) is 7.02. The molecule has 3 rings (SSSR count). The van der Waals surface area contributed by atoms with Crippen molar-refractivity contribution in [2.24, 2.45) is 5.16 Å². The highest BCUT2D eigenvalue weighted by molar-refractivity contribution is 6.13. The summed E-state index contributed by atoms with van der Waals surface area (Å²) in [5.74, 6) is -1.98. The number of hydrogen-bond donors (Lipinski definition) is 2. The van der Waals surface area contributed by atoms with Gasteiger partial charge in [0.05, 0.1) is 11.9 Å². The van der Waals surface area contributed by atoms with Crippen LogP contribution in [0.15, 0.2) is 53.9 Å². The number of oxime groups is 1. The highest BCUT2D eigenvalue weighted by Gasteiger charge is 2.15. The van der Waals surface area contributed by atoms with E-state index in [1.807, 2.05) is 6.92 Å². The van der Waals surface area contributed by atoms with Crippen molar-refractivity contribution in [2.75, 3.05) is 0 Å². The first-order chi connectivity index (χ1) is 11.5. The number of phenolic OH excluding ortho intramolecular Hbond substituents is 1. The van der Waals surface area contributed by atoms with Gasteiger partial charge in [-0.2, -0.15) is 5.10 Å². The third kappa shape index (κ3) is 2.83. The van der Waals surface area contributed by atoms with Gasteiger partial charge < -0.3 is 10.3 Å². The Labute approximate surface area is 136 Å². The fraction of sp³-hybridized carbons (Fsp3) is 0.0588. The molecule has 0 radical (unpaired) electrons. The molecule has 24 heavy (non-hydrogen) atoms. The minimum absolute atomic E-state index is 0.0385. The van der Waals surface area contributed by atoms with Crippen LogP contribution >= 0.6 is 0 Å². The molecule has 0 unspecified atom stereocenters. The van der Waals surface area contributed by atoms with Crippen LogP contribution in [0.4, 0.5) is 8.78 Å². The molecule has 5 nitrogen and oxygen atoms in total. The lowest BCUT2D eigenvalue weighted by Gasteiger charge is -2.06. The molecule has 0 aliphatic rings. The van der Waals surface area contributed by atoms with E-state index in [4.69, 9.17) is 0 Å². The second kappa shape index (κ2) is 6.11. The van der Waals surface area contributed by atoms with E-state index in [9.17, 15) is 19.1 Å². The van der Waals surface area contributed by atoms with Crippen molar-refractivity contribution < 1.29 is 19.1 Å². The van der Waals surface area contributed by atoms with Crippen molar-refractivity contribution in [1.29, 1.82) is 0 Å². The highest BCUT2D eigenvalue weighted by atomic mass is 19.2. The number of aromatic nitrogens is 2. The second-order valence-electron chi connectivity index (χ2n) is 5.24. The number of halogens is 2. The average molecular weight is 329 g/mol. The van der Waals surface area contributed by atoms with Gasteiger partial charge >= 0.3 is 0 Å². The van der Waals surface area contributed by atoms with Gasteiger partial charge in [0.15, 0.2) is 11.6 Å². The number of hydrogen-bond acceptors (Lipinski definition) is 4. The summed E-state index contributed by atoms with van der Waals surface area (Å²) >= 11 is 0. The molecule has 2 aromatic carbocycles. The molecule has 0 atom stereocenters. The molecule has 1 heterocycles. The number of phenols is 1. The monoisotopic (exact) mass is 329 g/mol. The molecular weight excluding hydrogens is 316 g/mol. The molecule has 0 saturated carbocycles. The fourth-order valence-corrected chi connectivity index (χ4v) is 2.32. The lowest BCUT2D eigenvalue weighted by atomic mass is 10.0. The normalized spacial score (nSPS) is 11.7. The van der Waals surface area contributed by atoms with Crippen LogP contribution in [-0.2, 0) is 0 Å². The van der Waals surface area contributed by atoms with Crippen LogP contribution in [0.25, 0.3) is 5.69 Å². The maximum atomic E-state index is 13.3. The van der Waals surface area contributed by atoms with Gasteiger partial charge in [0, 0.05) is 23.4 Å². The van der Waals surface area contributed by atoms with Gasteiger partial charge in [-0.25, -0.2) is 13.5 Å². The summed E-state index contributed by atoms with van der Waals surface area (Å²) in [5.41, 5.74) is 2.01. The molecule has 0 aliphatic heterocycles. The van der Waals surface area contributed by atoms with Crippen LogP contribution in [-0.4, -0.2) is 25.8 Å². The van der Waals surface area contributed by atoms with E-state index in [0.717, 1.165) is 17.7 Å². The zero-order chi connectivity index (χ0) is 17.3. The van der Waals surface area contributed by atoms with Gasteiger partial charge in [-0.05, 0) is 36.8 Å². The molecule has 2 N–H and O–H groups in total. The first-order valence-corrected chi connectivity index (χ1v) is 7.02. The Bertz CT molecular complexity index is 935. The Morgan fingerprint density at radius 3 is 2.58 bits per heavy atom. The Balaban J connectivity index is 2.00. The molecule has 1 aromatic heterocycles. The van der Waals surface area contributed by atoms with E-state index in [0.29, 0.717) is 16.8 Å². The number of benzene rings is 2. The average Bonchev–Trinajstić information content (AvgIpc) is 3.02. The first kappa shape index (κ1) is 15.7. The minimum atomic E-state index is -0.989. The fourth-order valence-electron chi connectivity index (χ4n) is 2.32. The van der Waals surface area contributed by atoms with Crippen LogP contribution in [0.2, 0.25) is 0 Å². The van der Waals surface area contributed by atoms with E-state index in [1.54, 1.807) is 18.2 Å². The maximum absolute atomic E-state index is 13.3. The lowest BCUT2D eigenvalue weighted by Crippen LogP contribution is -2.03. The summed E-state index contributed by atoms with van der Waals surface area (Å²) in [6, 6.07) is 8.30. The molecule has 0 bridgehead atoms. The minimum Gasteiger partial charge on any atom is -0.507 e. The molecule has 0 fully saturated rings. The smallest absolute Gasteiger partial charge is 0.160 e. The Hall–Kier alpha value is -3.22. The van der Waals surface area contributed by atoms with Crippen LogP contribution in [0.1, 0.15) is 16.7 Å². The van der Waals surface area contributed by atoms with Crippen molar-refractivity contribution in [2.45, 2.75) is 6.92 Å². The third-order valence-corrected chi connectivity index (χ3v) is 3.53. The van der Waals surface area contributed by atoms with E-state index >= 15 is 0 Å². The summed E-state index contributed by atoms with van der Waals surface area (Å²) in [7, 11) is 0. The Morgan fingerprint density at radius 2 is 1.92 bits per heavy atom. The number of aromatic hydroxyl groups is 1. The summed E-state index contributed by atoms with van der Waals surface area (Å²) in [6.45, 7) is 1.82.